The van der Waals surface area contributed by atoms with Gasteiger partial charge in [-0.05, 0) is 12.1 Å². The molecule has 110 valence electrons. The van der Waals surface area contributed by atoms with E-state index in [0.29, 0.717) is 11.5 Å². The molecular weight excluding hydrogens is 266 g/mol. The molecule has 1 aromatic carbocycles. The Hall–Kier alpha value is -2.28. The minimum absolute atomic E-state index is 0.0673. The lowest BCUT2D eigenvalue weighted by molar-refractivity contribution is -0.139. The molecule has 0 spiro atoms. The highest BCUT2D eigenvalue weighted by molar-refractivity contribution is 5.97. The summed E-state index contributed by atoms with van der Waals surface area (Å²) >= 11 is 0. The average molecular weight is 283 g/mol. The first-order valence-electron chi connectivity index (χ1n) is 5.89. The van der Waals surface area contributed by atoms with Crippen LogP contribution in [-0.2, 0) is 4.79 Å². The number of nitrogens with one attached hydrogen (secondary N) is 1. The zero-order valence-electron chi connectivity index (χ0n) is 11.3. The van der Waals surface area contributed by atoms with Gasteiger partial charge in [-0.15, -0.1) is 0 Å². The summed E-state index contributed by atoms with van der Waals surface area (Å²) in [6, 6.07) is 3.38. The fraction of sp³-hybridized carbons (Fsp3) is 0.385. The molecule has 7 heteroatoms. The molecule has 0 aromatic heterocycles. The van der Waals surface area contributed by atoms with Crippen LogP contribution in [0.25, 0.3) is 0 Å². The second kappa shape index (κ2) is 7.34. The van der Waals surface area contributed by atoms with Crippen LogP contribution in [0.5, 0.6) is 11.5 Å². The zero-order chi connectivity index (χ0) is 15.1. The molecule has 7 nitrogen and oxygen atoms in total. The van der Waals surface area contributed by atoms with E-state index in [-0.39, 0.29) is 18.6 Å². The van der Waals surface area contributed by atoms with Crippen LogP contribution in [0.2, 0.25) is 0 Å². The maximum absolute atomic E-state index is 12.0. The Balaban J connectivity index is 2.93. The molecule has 0 heterocycles. The van der Waals surface area contributed by atoms with Crippen LogP contribution in [0.1, 0.15) is 16.8 Å². The van der Waals surface area contributed by atoms with Crippen LogP contribution < -0.4 is 14.8 Å². The summed E-state index contributed by atoms with van der Waals surface area (Å²) < 4.78 is 10.1. The first-order chi connectivity index (χ1) is 9.51. The molecule has 0 bridgehead atoms. The molecule has 1 rings (SSSR count). The lowest BCUT2D eigenvalue weighted by atomic mass is 10.1. The van der Waals surface area contributed by atoms with Gasteiger partial charge in [0.2, 0.25) is 0 Å². The fourth-order valence-corrected chi connectivity index (χ4v) is 1.57. The largest absolute Gasteiger partial charge is 0.497 e. The topological polar surface area (TPSA) is 105 Å². The van der Waals surface area contributed by atoms with Gasteiger partial charge in [-0.1, -0.05) is 0 Å². The van der Waals surface area contributed by atoms with E-state index in [1.807, 2.05) is 0 Å². The van der Waals surface area contributed by atoms with Crippen molar-refractivity contribution in [2.45, 2.75) is 12.5 Å². The summed E-state index contributed by atoms with van der Waals surface area (Å²) in [5, 5.41) is 20.0. The van der Waals surface area contributed by atoms with Crippen LogP contribution in [0.15, 0.2) is 18.2 Å². The standard InChI is InChI=1S/C13H17NO6/c1-19-9-5-8(6-10(7-9)20-2)12(16)14-11(3-4-15)13(17)18/h5-7,11,15H,3-4H2,1-2H3,(H,14,16)(H,17,18)/t11-/m0/s1. The second-order valence-corrected chi connectivity index (χ2v) is 3.98. The molecule has 0 aliphatic heterocycles. The number of hydrogen-bond acceptors (Lipinski definition) is 5. The van der Waals surface area contributed by atoms with Gasteiger partial charge in [-0.2, -0.15) is 0 Å². The summed E-state index contributed by atoms with van der Waals surface area (Å²) in [4.78, 5) is 22.9. The van der Waals surface area contributed by atoms with Gasteiger partial charge in [0.05, 0.1) is 14.2 Å². The van der Waals surface area contributed by atoms with Crippen molar-refractivity contribution in [3.63, 3.8) is 0 Å². The van der Waals surface area contributed by atoms with Gasteiger partial charge < -0.3 is 25.0 Å². The van der Waals surface area contributed by atoms with Gasteiger partial charge in [-0.3, -0.25) is 4.79 Å². The van der Waals surface area contributed by atoms with Crippen molar-refractivity contribution >= 4 is 11.9 Å². The van der Waals surface area contributed by atoms with E-state index in [9.17, 15) is 9.59 Å². The highest BCUT2D eigenvalue weighted by atomic mass is 16.5. The van der Waals surface area contributed by atoms with Gasteiger partial charge in [0.1, 0.15) is 17.5 Å². The summed E-state index contributed by atoms with van der Waals surface area (Å²) in [5.74, 6) is -0.947. The maximum atomic E-state index is 12.0. The number of carbonyl (C=O) groups excluding carboxylic acids is 1. The Kier molecular flexibility index (Phi) is 5.79. The number of aliphatic hydroxyl groups excluding tert-OH is 1. The van der Waals surface area contributed by atoms with E-state index >= 15 is 0 Å². The summed E-state index contributed by atoms with van der Waals surface area (Å²) in [6.45, 7) is -0.335. The minimum atomic E-state index is -1.21. The molecule has 0 saturated carbocycles. The predicted octanol–water partition coefficient (Wildman–Crippen LogP) is 0.269. The minimum Gasteiger partial charge on any atom is -0.497 e. The first kappa shape index (κ1) is 15.8. The van der Waals surface area contributed by atoms with Crippen molar-refractivity contribution in [2.75, 3.05) is 20.8 Å². The van der Waals surface area contributed by atoms with E-state index in [1.165, 1.54) is 26.4 Å². The van der Waals surface area contributed by atoms with Crippen molar-refractivity contribution in [1.82, 2.24) is 5.32 Å². The lowest BCUT2D eigenvalue weighted by Crippen LogP contribution is -2.41. The Morgan fingerprint density at radius 3 is 2.15 bits per heavy atom. The normalized spacial score (nSPS) is 11.6. The number of ether oxygens (including phenoxy) is 2. The van der Waals surface area contributed by atoms with Crippen LogP contribution in [-0.4, -0.2) is 49.0 Å². The Morgan fingerprint density at radius 1 is 1.20 bits per heavy atom. The maximum Gasteiger partial charge on any atom is 0.326 e. The fourth-order valence-electron chi connectivity index (χ4n) is 1.57. The van der Waals surface area contributed by atoms with E-state index < -0.39 is 17.9 Å². The molecule has 1 atom stereocenters. The van der Waals surface area contributed by atoms with Crippen LogP contribution in [0, 0.1) is 0 Å². The molecule has 0 unspecified atom stereocenters. The number of amides is 1. The quantitative estimate of drug-likeness (QED) is 0.663. The van der Waals surface area contributed by atoms with E-state index in [4.69, 9.17) is 19.7 Å². The number of methoxy groups -OCH3 is 2. The first-order valence-corrected chi connectivity index (χ1v) is 5.89. The van der Waals surface area contributed by atoms with Crippen LogP contribution in [0.4, 0.5) is 0 Å². The van der Waals surface area contributed by atoms with Crippen molar-refractivity contribution in [1.29, 1.82) is 0 Å². The third-order valence-corrected chi connectivity index (χ3v) is 2.63. The average Bonchev–Trinajstić information content (AvgIpc) is 2.45. The van der Waals surface area contributed by atoms with Gasteiger partial charge in [0, 0.05) is 24.7 Å². The number of benzene rings is 1. The highest BCUT2D eigenvalue weighted by Crippen LogP contribution is 2.22. The Bertz CT molecular complexity index is 465. The molecule has 0 saturated heterocycles. The number of aliphatic carboxylic acids is 1. The third kappa shape index (κ3) is 4.13. The Labute approximate surface area is 116 Å². The molecule has 0 aliphatic rings. The van der Waals surface area contributed by atoms with Crippen LogP contribution in [0.3, 0.4) is 0 Å². The molecule has 20 heavy (non-hydrogen) atoms. The smallest absolute Gasteiger partial charge is 0.326 e. The van der Waals surface area contributed by atoms with Crippen molar-refractivity contribution in [3.05, 3.63) is 23.8 Å². The Morgan fingerprint density at radius 2 is 1.75 bits per heavy atom. The molecular formula is C13H17NO6. The zero-order valence-corrected chi connectivity index (χ0v) is 11.3. The third-order valence-electron chi connectivity index (χ3n) is 2.63. The number of carbonyl (C=O) groups is 2. The van der Waals surface area contributed by atoms with Gasteiger partial charge in [0.15, 0.2) is 0 Å². The van der Waals surface area contributed by atoms with Crippen LogP contribution >= 0.6 is 0 Å². The summed E-state index contributed by atoms with van der Waals surface area (Å²) in [5.41, 5.74) is 0.213. The number of aliphatic hydroxyl groups is 1. The molecule has 3 N–H and O–H groups in total. The van der Waals surface area contributed by atoms with Gasteiger partial charge in [-0.25, -0.2) is 4.79 Å². The SMILES string of the molecule is COc1cc(OC)cc(C(=O)N[C@@H](CCO)C(=O)O)c1. The van der Waals surface area contributed by atoms with Crippen molar-refractivity contribution in [3.8, 4) is 11.5 Å². The van der Waals surface area contributed by atoms with E-state index in [1.54, 1.807) is 6.07 Å². The molecule has 0 aliphatic carbocycles. The van der Waals surface area contributed by atoms with E-state index in [0.717, 1.165) is 0 Å². The molecule has 1 amide bonds. The highest BCUT2D eigenvalue weighted by Gasteiger charge is 2.20. The van der Waals surface area contributed by atoms with Crippen molar-refractivity contribution < 1.29 is 29.3 Å². The number of carboxylic acids is 1. The monoisotopic (exact) mass is 283 g/mol. The van der Waals surface area contributed by atoms with E-state index in [2.05, 4.69) is 5.32 Å². The molecule has 0 radical (unpaired) electrons. The number of rotatable bonds is 7. The van der Waals surface area contributed by atoms with Gasteiger partial charge >= 0.3 is 5.97 Å². The molecule has 0 fully saturated rings. The number of hydrogen-bond donors (Lipinski definition) is 3. The second-order valence-electron chi connectivity index (χ2n) is 3.98. The van der Waals surface area contributed by atoms with Crippen molar-refractivity contribution in [2.24, 2.45) is 0 Å². The summed E-state index contributed by atoms with van der Waals surface area (Å²) in [6.07, 6.45) is -0.0673. The number of carboxylic acid groups (broad SMARTS) is 1. The molecule has 1 aromatic rings. The van der Waals surface area contributed by atoms with Gasteiger partial charge in [0.25, 0.3) is 5.91 Å². The lowest BCUT2D eigenvalue weighted by Gasteiger charge is -2.14. The predicted molar refractivity (Wildman–Crippen MR) is 70.1 cm³/mol. The summed E-state index contributed by atoms with van der Waals surface area (Å²) in [7, 11) is 2.89.